The first-order valence-electron chi connectivity index (χ1n) is 9.79. The lowest BCUT2D eigenvalue weighted by atomic mass is 10.1. The van der Waals surface area contributed by atoms with Gasteiger partial charge in [-0.3, -0.25) is 4.79 Å². The van der Waals surface area contributed by atoms with Crippen LogP contribution in [0.2, 0.25) is 0 Å². The molecule has 0 atom stereocenters. The highest BCUT2D eigenvalue weighted by Crippen LogP contribution is 2.10. The van der Waals surface area contributed by atoms with Crippen LogP contribution in [0.5, 0.6) is 0 Å². The van der Waals surface area contributed by atoms with Gasteiger partial charge in [-0.2, -0.15) is 0 Å². The van der Waals surface area contributed by atoms with E-state index in [4.69, 9.17) is 10.5 Å². The monoisotopic (exact) mass is 357 g/mol. The minimum atomic E-state index is -0.502. The summed E-state index contributed by atoms with van der Waals surface area (Å²) in [7, 11) is 0. The van der Waals surface area contributed by atoms with Gasteiger partial charge in [-0.25, -0.2) is 4.79 Å². The summed E-state index contributed by atoms with van der Waals surface area (Å²) in [4.78, 5) is 23.1. The molecule has 0 saturated carbocycles. The van der Waals surface area contributed by atoms with Crippen LogP contribution in [-0.4, -0.2) is 37.2 Å². The first kappa shape index (κ1) is 23.7. The standard InChI is InChI=1S/C19H39N3O3/c1-19(2,3)25-18(24)22-16-15-21-17(23)13-11-9-7-5-4-6-8-10-12-14-20/h4-16,20H2,1-3H3,(H,21,23)(H,22,24). The molecule has 0 radical (unpaired) electrons. The fourth-order valence-electron chi connectivity index (χ4n) is 2.44. The Morgan fingerprint density at radius 1 is 0.800 bits per heavy atom. The van der Waals surface area contributed by atoms with Crippen molar-refractivity contribution in [3.05, 3.63) is 0 Å². The van der Waals surface area contributed by atoms with Crippen LogP contribution in [0.15, 0.2) is 0 Å². The summed E-state index contributed by atoms with van der Waals surface area (Å²) in [6.45, 7) is 7.06. The molecule has 0 heterocycles. The van der Waals surface area contributed by atoms with Crippen LogP contribution < -0.4 is 16.4 Å². The molecule has 0 bridgehead atoms. The van der Waals surface area contributed by atoms with Crippen molar-refractivity contribution in [1.82, 2.24) is 10.6 Å². The number of rotatable bonds is 14. The summed E-state index contributed by atoms with van der Waals surface area (Å²) in [5.74, 6) is 0.0489. The molecule has 2 amide bonds. The molecule has 0 spiro atoms. The maximum atomic E-state index is 11.7. The normalized spacial score (nSPS) is 11.2. The number of ether oxygens (including phenoxy) is 1. The van der Waals surface area contributed by atoms with Crippen molar-refractivity contribution >= 4 is 12.0 Å². The summed E-state index contributed by atoms with van der Waals surface area (Å²) >= 11 is 0. The van der Waals surface area contributed by atoms with E-state index < -0.39 is 11.7 Å². The number of carbonyl (C=O) groups is 2. The number of nitrogens with two attached hydrogens (primary N) is 1. The Hall–Kier alpha value is -1.30. The number of carbonyl (C=O) groups excluding carboxylic acids is 2. The molecule has 0 aliphatic rings. The minimum absolute atomic E-state index is 0.0489. The Kier molecular flexibility index (Phi) is 14.2. The summed E-state index contributed by atoms with van der Waals surface area (Å²) in [6.07, 6.45) is 10.9. The molecule has 0 aliphatic heterocycles. The summed E-state index contributed by atoms with van der Waals surface area (Å²) in [5, 5.41) is 5.43. The molecular formula is C19H39N3O3. The number of alkyl carbamates (subject to hydrolysis) is 1. The first-order valence-corrected chi connectivity index (χ1v) is 9.79. The van der Waals surface area contributed by atoms with Crippen LogP contribution in [0.25, 0.3) is 0 Å². The van der Waals surface area contributed by atoms with Crippen molar-refractivity contribution < 1.29 is 14.3 Å². The fourth-order valence-corrected chi connectivity index (χ4v) is 2.44. The van der Waals surface area contributed by atoms with Crippen molar-refractivity contribution in [2.24, 2.45) is 5.73 Å². The second kappa shape index (κ2) is 15.0. The molecule has 6 heteroatoms. The van der Waals surface area contributed by atoms with Crippen molar-refractivity contribution in [3.63, 3.8) is 0 Å². The smallest absolute Gasteiger partial charge is 0.407 e. The van der Waals surface area contributed by atoms with Gasteiger partial charge in [-0.1, -0.05) is 44.9 Å². The van der Waals surface area contributed by atoms with E-state index in [2.05, 4.69) is 10.6 Å². The molecule has 0 aromatic heterocycles. The van der Waals surface area contributed by atoms with E-state index >= 15 is 0 Å². The third-order valence-electron chi connectivity index (χ3n) is 3.72. The number of hydrogen-bond donors (Lipinski definition) is 3. The Bertz CT molecular complexity index is 354. The van der Waals surface area contributed by atoms with Crippen LogP contribution >= 0.6 is 0 Å². The topological polar surface area (TPSA) is 93.5 Å². The second-order valence-electron chi connectivity index (χ2n) is 7.50. The van der Waals surface area contributed by atoms with Crippen molar-refractivity contribution in [3.8, 4) is 0 Å². The molecule has 0 fully saturated rings. The van der Waals surface area contributed by atoms with Crippen molar-refractivity contribution in [2.45, 2.75) is 90.6 Å². The van der Waals surface area contributed by atoms with E-state index in [0.717, 1.165) is 25.8 Å². The highest BCUT2D eigenvalue weighted by Gasteiger charge is 2.15. The predicted molar refractivity (Wildman–Crippen MR) is 102 cm³/mol. The third kappa shape index (κ3) is 18.9. The Labute approximate surface area is 153 Å². The minimum Gasteiger partial charge on any atom is -0.444 e. The van der Waals surface area contributed by atoms with Crippen LogP contribution in [0, 0.1) is 0 Å². The number of amides is 2. The molecule has 0 aromatic rings. The number of unbranched alkanes of at least 4 members (excludes halogenated alkanes) is 8. The third-order valence-corrected chi connectivity index (χ3v) is 3.72. The van der Waals surface area contributed by atoms with Gasteiger partial charge in [0.15, 0.2) is 0 Å². The molecule has 0 unspecified atom stereocenters. The maximum Gasteiger partial charge on any atom is 0.407 e. The van der Waals surface area contributed by atoms with Gasteiger partial charge >= 0.3 is 6.09 Å². The van der Waals surface area contributed by atoms with E-state index in [1.54, 1.807) is 0 Å². The first-order chi connectivity index (χ1) is 11.8. The maximum absolute atomic E-state index is 11.7. The van der Waals surface area contributed by atoms with Gasteiger partial charge in [0.05, 0.1) is 0 Å². The predicted octanol–water partition coefficient (Wildman–Crippen LogP) is 3.49. The molecular weight excluding hydrogens is 318 g/mol. The average molecular weight is 358 g/mol. The van der Waals surface area contributed by atoms with E-state index in [-0.39, 0.29) is 5.91 Å². The largest absolute Gasteiger partial charge is 0.444 e. The zero-order chi connectivity index (χ0) is 19.0. The van der Waals surface area contributed by atoms with E-state index in [1.165, 1.54) is 38.5 Å². The van der Waals surface area contributed by atoms with Crippen molar-refractivity contribution in [2.75, 3.05) is 19.6 Å². The van der Waals surface area contributed by atoms with Gasteiger partial charge < -0.3 is 21.1 Å². The van der Waals surface area contributed by atoms with E-state index in [1.807, 2.05) is 20.8 Å². The molecule has 0 aliphatic carbocycles. The lowest BCUT2D eigenvalue weighted by molar-refractivity contribution is -0.121. The quantitative estimate of drug-likeness (QED) is 0.415. The lowest BCUT2D eigenvalue weighted by Crippen LogP contribution is -2.37. The Morgan fingerprint density at radius 3 is 1.80 bits per heavy atom. The second-order valence-corrected chi connectivity index (χ2v) is 7.50. The zero-order valence-corrected chi connectivity index (χ0v) is 16.5. The van der Waals surface area contributed by atoms with E-state index in [0.29, 0.717) is 19.5 Å². The van der Waals surface area contributed by atoms with Gasteiger partial charge in [0.25, 0.3) is 0 Å². The fraction of sp³-hybridized carbons (Fsp3) is 0.895. The van der Waals surface area contributed by atoms with E-state index in [9.17, 15) is 9.59 Å². The molecule has 4 N–H and O–H groups in total. The summed E-state index contributed by atoms with van der Waals surface area (Å²) < 4.78 is 5.12. The van der Waals surface area contributed by atoms with Crippen molar-refractivity contribution in [1.29, 1.82) is 0 Å². The zero-order valence-electron chi connectivity index (χ0n) is 16.5. The molecule has 0 rings (SSSR count). The number of hydrogen-bond acceptors (Lipinski definition) is 4. The molecule has 6 nitrogen and oxygen atoms in total. The molecule has 0 aromatic carbocycles. The average Bonchev–Trinajstić information content (AvgIpc) is 2.51. The Morgan fingerprint density at radius 2 is 1.28 bits per heavy atom. The van der Waals surface area contributed by atoms with Gasteiger partial charge in [0, 0.05) is 19.5 Å². The van der Waals surface area contributed by atoms with Crippen LogP contribution in [-0.2, 0) is 9.53 Å². The summed E-state index contributed by atoms with van der Waals surface area (Å²) in [6, 6.07) is 0. The highest BCUT2D eigenvalue weighted by atomic mass is 16.6. The highest BCUT2D eigenvalue weighted by molar-refractivity contribution is 5.75. The van der Waals surface area contributed by atoms with Gasteiger partial charge in [0.2, 0.25) is 5.91 Å². The van der Waals surface area contributed by atoms with Crippen LogP contribution in [0.1, 0.15) is 85.0 Å². The van der Waals surface area contributed by atoms with Crippen LogP contribution in [0.4, 0.5) is 4.79 Å². The molecule has 0 saturated heterocycles. The lowest BCUT2D eigenvalue weighted by Gasteiger charge is -2.19. The Balaban J connectivity index is 3.35. The molecule has 148 valence electrons. The van der Waals surface area contributed by atoms with Gasteiger partial charge in [-0.15, -0.1) is 0 Å². The van der Waals surface area contributed by atoms with Crippen LogP contribution in [0.3, 0.4) is 0 Å². The SMILES string of the molecule is CC(C)(C)OC(=O)NCCNC(=O)CCCCCCCCCCCN. The summed E-state index contributed by atoms with van der Waals surface area (Å²) in [5.41, 5.74) is 4.96. The molecule has 25 heavy (non-hydrogen) atoms. The number of nitrogens with one attached hydrogen (secondary N) is 2. The van der Waals surface area contributed by atoms with Gasteiger partial charge in [-0.05, 0) is 40.2 Å². The van der Waals surface area contributed by atoms with Gasteiger partial charge in [0.1, 0.15) is 5.60 Å².